The molecule has 0 aliphatic rings. The normalized spacial score (nSPS) is 14.4. The zero-order chi connectivity index (χ0) is 14.4. The summed E-state index contributed by atoms with van der Waals surface area (Å²) >= 11 is 0. The Balaban J connectivity index is 4.37. The Labute approximate surface area is 109 Å². The molecule has 3 N–H and O–H groups in total. The van der Waals surface area contributed by atoms with E-state index in [1.807, 2.05) is 6.92 Å². The SMILES string of the molecule is CCCCC(NCC(C)(C)NS(C)(=O)=O)C(=O)O. The Bertz CT molecular complexity index is 365. The van der Waals surface area contributed by atoms with Crippen LogP contribution in [0, 0.1) is 0 Å². The first-order valence-corrected chi connectivity index (χ1v) is 7.91. The van der Waals surface area contributed by atoms with Gasteiger partial charge in [-0.3, -0.25) is 4.79 Å². The minimum Gasteiger partial charge on any atom is -0.480 e. The Morgan fingerprint density at radius 1 is 1.39 bits per heavy atom. The van der Waals surface area contributed by atoms with Gasteiger partial charge in [0, 0.05) is 12.1 Å². The number of nitrogens with one attached hydrogen (secondary N) is 2. The van der Waals surface area contributed by atoms with Gasteiger partial charge in [0.25, 0.3) is 0 Å². The molecular formula is C11H24N2O4S. The highest BCUT2D eigenvalue weighted by Crippen LogP contribution is 2.06. The second-order valence-electron chi connectivity index (χ2n) is 5.17. The molecule has 0 aromatic rings. The van der Waals surface area contributed by atoms with Crippen LogP contribution in [-0.4, -0.2) is 43.9 Å². The number of aliphatic carboxylic acids is 1. The van der Waals surface area contributed by atoms with Crippen molar-refractivity contribution in [2.24, 2.45) is 0 Å². The van der Waals surface area contributed by atoms with Crippen molar-refractivity contribution < 1.29 is 18.3 Å². The Kier molecular flexibility index (Phi) is 6.80. The second kappa shape index (κ2) is 7.06. The summed E-state index contributed by atoms with van der Waals surface area (Å²) in [5, 5.41) is 11.9. The first-order valence-electron chi connectivity index (χ1n) is 6.02. The van der Waals surface area contributed by atoms with Crippen molar-refractivity contribution in [3.8, 4) is 0 Å². The van der Waals surface area contributed by atoms with Gasteiger partial charge in [0.2, 0.25) is 10.0 Å². The maximum absolute atomic E-state index is 11.1. The van der Waals surface area contributed by atoms with Crippen LogP contribution in [0.3, 0.4) is 0 Å². The molecule has 0 rings (SSSR count). The Morgan fingerprint density at radius 2 is 1.94 bits per heavy atom. The van der Waals surface area contributed by atoms with Crippen LogP contribution >= 0.6 is 0 Å². The van der Waals surface area contributed by atoms with Crippen LogP contribution in [0.5, 0.6) is 0 Å². The summed E-state index contributed by atoms with van der Waals surface area (Å²) in [5.41, 5.74) is -0.715. The molecular weight excluding hydrogens is 256 g/mol. The molecule has 7 heteroatoms. The van der Waals surface area contributed by atoms with Crippen molar-refractivity contribution in [2.45, 2.75) is 51.6 Å². The van der Waals surface area contributed by atoms with Gasteiger partial charge in [0.1, 0.15) is 6.04 Å². The highest BCUT2D eigenvalue weighted by atomic mass is 32.2. The third-order valence-electron chi connectivity index (χ3n) is 2.40. The van der Waals surface area contributed by atoms with Gasteiger partial charge >= 0.3 is 5.97 Å². The smallest absolute Gasteiger partial charge is 0.320 e. The van der Waals surface area contributed by atoms with Gasteiger partial charge < -0.3 is 10.4 Å². The van der Waals surface area contributed by atoms with Gasteiger partial charge in [-0.05, 0) is 20.3 Å². The fraction of sp³-hybridized carbons (Fsp3) is 0.909. The molecule has 0 aliphatic carbocycles. The highest BCUT2D eigenvalue weighted by Gasteiger charge is 2.25. The van der Waals surface area contributed by atoms with E-state index in [1.165, 1.54) is 0 Å². The third-order valence-corrected chi connectivity index (χ3v) is 3.32. The number of carboxylic acids is 1. The van der Waals surface area contributed by atoms with Crippen LogP contribution in [0.25, 0.3) is 0 Å². The van der Waals surface area contributed by atoms with Crippen LogP contribution < -0.4 is 10.0 Å². The average Bonchev–Trinajstić information content (AvgIpc) is 2.13. The predicted octanol–water partition coefficient (Wildman–Crippen LogP) is 0.547. The van der Waals surface area contributed by atoms with Crippen molar-refractivity contribution in [3.05, 3.63) is 0 Å². The highest BCUT2D eigenvalue weighted by molar-refractivity contribution is 7.88. The summed E-state index contributed by atoms with van der Waals surface area (Å²) < 4.78 is 24.7. The minimum absolute atomic E-state index is 0.265. The fourth-order valence-corrected chi connectivity index (χ4v) is 2.71. The van der Waals surface area contributed by atoms with E-state index in [0.29, 0.717) is 6.42 Å². The predicted molar refractivity (Wildman–Crippen MR) is 71.0 cm³/mol. The summed E-state index contributed by atoms with van der Waals surface area (Å²) in [6.07, 6.45) is 3.38. The molecule has 1 atom stereocenters. The van der Waals surface area contributed by atoms with Crippen molar-refractivity contribution in [1.82, 2.24) is 10.0 Å². The molecule has 0 radical (unpaired) electrons. The molecule has 0 amide bonds. The largest absolute Gasteiger partial charge is 0.480 e. The van der Waals surface area contributed by atoms with Gasteiger partial charge in [-0.25, -0.2) is 13.1 Å². The standard InChI is InChI=1S/C11H24N2O4S/c1-5-6-7-9(10(14)15)12-8-11(2,3)13-18(4,16)17/h9,12-13H,5-8H2,1-4H3,(H,14,15). The van der Waals surface area contributed by atoms with Gasteiger partial charge in [-0.1, -0.05) is 19.8 Å². The molecule has 0 fully saturated rings. The summed E-state index contributed by atoms with van der Waals surface area (Å²) in [5.74, 6) is -0.904. The quantitative estimate of drug-likeness (QED) is 0.573. The minimum atomic E-state index is -3.30. The van der Waals surface area contributed by atoms with E-state index < -0.39 is 27.6 Å². The van der Waals surface area contributed by atoms with E-state index >= 15 is 0 Å². The van der Waals surface area contributed by atoms with Crippen molar-refractivity contribution >= 4 is 16.0 Å². The molecule has 0 aromatic heterocycles. The number of hydrogen-bond acceptors (Lipinski definition) is 4. The van der Waals surface area contributed by atoms with E-state index in [2.05, 4.69) is 10.0 Å². The Hall–Kier alpha value is -0.660. The van der Waals surface area contributed by atoms with E-state index in [0.717, 1.165) is 19.1 Å². The lowest BCUT2D eigenvalue weighted by Crippen LogP contribution is -2.53. The number of rotatable bonds is 9. The van der Waals surface area contributed by atoms with Gasteiger partial charge in [0.05, 0.1) is 6.26 Å². The molecule has 0 heterocycles. The number of carboxylic acid groups (broad SMARTS) is 1. The second-order valence-corrected chi connectivity index (χ2v) is 6.92. The van der Waals surface area contributed by atoms with Crippen LogP contribution in [0.2, 0.25) is 0 Å². The lowest BCUT2D eigenvalue weighted by Gasteiger charge is -2.27. The Morgan fingerprint density at radius 3 is 2.33 bits per heavy atom. The fourth-order valence-electron chi connectivity index (χ4n) is 1.64. The van der Waals surface area contributed by atoms with Crippen LogP contribution in [0.4, 0.5) is 0 Å². The van der Waals surface area contributed by atoms with E-state index in [-0.39, 0.29) is 6.54 Å². The van der Waals surface area contributed by atoms with E-state index in [9.17, 15) is 13.2 Å². The van der Waals surface area contributed by atoms with E-state index in [1.54, 1.807) is 13.8 Å². The van der Waals surface area contributed by atoms with Crippen LogP contribution in [0.15, 0.2) is 0 Å². The molecule has 0 spiro atoms. The lowest BCUT2D eigenvalue weighted by atomic mass is 10.1. The summed E-state index contributed by atoms with van der Waals surface area (Å²) in [7, 11) is -3.30. The summed E-state index contributed by atoms with van der Waals surface area (Å²) in [6, 6.07) is -0.634. The third kappa shape index (κ3) is 8.43. The van der Waals surface area contributed by atoms with E-state index in [4.69, 9.17) is 5.11 Å². The summed E-state index contributed by atoms with van der Waals surface area (Å²) in [4.78, 5) is 11.0. The topological polar surface area (TPSA) is 95.5 Å². The van der Waals surface area contributed by atoms with Crippen molar-refractivity contribution in [3.63, 3.8) is 0 Å². The van der Waals surface area contributed by atoms with Gasteiger partial charge in [-0.2, -0.15) is 0 Å². The zero-order valence-electron chi connectivity index (χ0n) is 11.5. The summed E-state index contributed by atoms with van der Waals surface area (Å²) in [6.45, 7) is 5.67. The lowest BCUT2D eigenvalue weighted by molar-refractivity contribution is -0.139. The van der Waals surface area contributed by atoms with Crippen LogP contribution in [0.1, 0.15) is 40.0 Å². The number of hydrogen-bond donors (Lipinski definition) is 3. The maximum atomic E-state index is 11.1. The number of carbonyl (C=O) groups is 1. The first-order chi connectivity index (χ1) is 8.07. The molecule has 1 unspecified atom stereocenters. The van der Waals surface area contributed by atoms with Crippen molar-refractivity contribution in [1.29, 1.82) is 0 Å². The molecule has 6 nitrogen and oxygen atoms in total. The molecule has 108 valence electrons. The monoisotopic (exact) mass is 280 g/mol. The molecule has 0 bridgehead atoms. The number of unbranched alkanes of at least 4 members (excludes halogenated alkanes) is 1. The average molecular weight is 280 g/mol. The molecule has 0 aliphatic heterocycles. The molecule has 0 aromatic carbocycles. The zero-order valence-corrected chi connectivity index (χ0v) is 12.3. The molecule has 0 saturated heterocycles. The van der Waals surface area contributed by atoms with Crippen LogP contribution in [-0.2, 0) is 14.8 Å². The van der Waals surface area contributed by atoms with Gasteiger partial charge in [0.15, 0.2) is 0 Å². The first kappa shape index (κ1) is 17.3. The maximum Gasteiger partial charge on any atom is 0.320 e. The van der Waals surface area contributed by atoms with Crippen molar-refractivity contribution in [2.75, 3.05) is 12.8 Å². The van der Waals surface area contributed by atoms with Gasteiger partial charge in [-0.15, -0.1) is 0 Å². The number of sulfonamides is 1. The molecule has 0 saturated carbocycles. The molecule has 18 heavy (non-hydrogen) atoms.